The lowest BCUT2D eigenvalue weighted by molar-refractivity contribution is -0.121. The molecular formula is C14H16N2OS. The summed E-state index contributed by atoms with van der Waals surface area (Å²) in [6, 6.07) is 5.94. The normalized spacial score (nSPS) is 12.1. The van der Waals surface area contributed by atoms with Crippen molar-refractivity contribution in [3.05, 3.63) is 52.5 Å². The topological polar surface area (TPSA) is 42.0 Å². The molecule has 0 aliphatic carbocycles. The third kappa shape index (κ3) is 3.40. The van der Waals surface area contributed by atoms with Crippen molar-refractivity contribution in [1.82, 2.24) is 10.3 Å². The Bertz CT molecular complexity index is 482. The number of pyridine rings is 1. The van der Waals surface area contributed by atoms with Crippen LogP contribution in [0.15, 0.2) is 41.4 Å². The van der Waals surface area contributed by atoms with E-state index in [1.807, 2.05) is 29.0 Å². The molecule has 2 aromatic rings. The van der Waals surface area contributed by atoms with E-state index < -0.39 is 0 Å². The minimum Gasteiger partial charge on any atom is -0.349 e. The number of thiophene rings is 1. The monoisotopic (exact) mass is 260 g/mol. The number of hydrogen-bond donors (Lipinski definition) is 1. The molecule has 0 saturated heterocycles. The molecule has 1 atom stereocenters. The fourth-order valence-electron chi connectivity index (χ4n) is 1.84. The second kappa shape index (κ2) is 6.31. The molecule has 1 N–H and O–H groups in total. The Hall–Kier alpha value is -1.68. The zero-order valence-corrected chi connectivity index (χ0v) is 11.1. The van der Waals surface area contributed by atoms with Gasteiger partial charge in [0.2, 0.25) is 5.91 Å². The number of rotatable bonds is 5. The Morgan fingerprint density at radius 2 is 2.17 bits per heavy atom. The van der Waals surface area contributed by atoms with Gasteiger partial charge in [-0.1, -0.05) is 6.92 Å². The summed E-state index contributed by atoms with van der Waals surface area (Å²) in [4.78, 5) is 15.9. The van der Waals surface area contributed by atoms with Crippen LogP contribution in [-0.4, -0.2) is 10.9 Å². The first-order valence-electron chi connectivity index (χ1n) is 6.00. The van der Waals surface area contributed by atoms with Crippen LogP contribution in [0.2, 0.25) is 0 Å². The summed E-state index contributed by atoms with van der Waals surface area (Å²) in [5.74, 6) is 0.0667. The maximum atomic E-state index is 11.9. The van der Waals surface area contributed by atoms with Crippen molar-refractivity contribution in [2.24, 2.45) is 0 Å². The van der Waals surface area contributed by atoms with Gasteiger partial charge in [-0.15, -0.1) is 0 Å². The minimum absolute atomic E-state index is 0.0667. The van der Waals surface area contributed by atoms with Crippen LogP contribution in [0, 0.1) is 0 Å². The van der Waals surface area contributed by atoms with Crippen LogP contribution in [0.4, 0.5) is 0 Å². The molecule has 0 spiro atoms. The number of nitrogens with zero attached hydrogens (tertiary/aromatic N) is 1. The Morgan fingerprint density at radius 1 is 1.39 bits per heavy atom. The minimum atomic E-state index is 0.0667. The smallest absolute Gasteiger partial charge is 0.224 e. The molecule has 3 nitrogen and oxygen atoms in total. The molecule has 0 bridgehead atoms. The van der Waals surface area contributed by atoms with Crippen molar-refractivity contribution >= 4 is 17.2 Å². The summed E-state index contributed by atoms with van der Waals surface area (Å²) in [5, 5.41) is 7.05. The van der Waals surface area contributed by atoms with Crippen molar-refractivity contribution < 1.29 is 4.79 Å². The highest BCUT2D eigenvalue weighted by atomic mass is 32.1. The third-order valence-corrected chi connectivity index (χ3v) is 3.53. The molecule has 2 aromatic heterocycles. The molecule has 0 aromatic carbocycles. The van der Waals surface area contributed by atoms with Crippen molar-refractivity contribution in [3.63, 3.8) is 0 Å². The van der Waals surface area contributed by atoms with Gasteiger partial charge in [-0.2, -0.15) is 11.3 Å². The van der Waals surface area contributed by atoms with Crippen LogP contribution >= 0.6 is 11.3 Å². The zero-order valence-electron chi connectivity index (χ0n) is 10.3. The Labute approximate surface area is 111 Å². The van der Waals surface area contributed by atoms with E-state index in [2.05, 4.69) is 17.2 Å². The summed E-state index contributed by atoms with van der Waals surface area (Å²) in [5.41, 5.74) is 2.17. The van der Waals surface area contributed by atoms with Gasteiger partial charge in [-0.3, -0.25) is 9.78 Å². The number of nitrogens with one attached hydrogen (secondary N) is 1. The largest absolute Gasteiger partial charge is 0.349 e. The van der Waals surface area contributed by atoms with Crippen LogP contribution in [0.25, 0.3) is 0 Å². The van der Waals surface area contributed by atoms with Gasteiger partial charge in [0.05, 0.1) is 12.5 Å². The van der Waals surface area contributed by atoms with E-state index in [-0.39, 0.29) is 11.9 Å². The van der Waals surface area contributed by atoms with Crippen LogP contribution in [0.1, 0.15) is 30.5 Å². The molecule has 2 rings (SSSR count). The maximum Gasteiger partial charge on any atom is 0.224 e. The molecule has 4 heteroatoms. The van der Waals surface area contributed by atoms with Gasteiger partial charge in [0.1, 0.15) is 0 Å². The molecule has 18 heavy (non-hydrogen) atoms. The first kappa shape index (κ1) is 12.8. The third-order valence-electron chi connectivity index (χ3n) is 2.80. The van der Waals surface area contributed by atoms with Crippen LogP contribution in [0.5, 0.6) is 0 Å². The molecular weight excluding hydrogens is 244 g/mol. The van der Waals surface area contributed by atoms with Gasteiger partial charge < -0.3 is 5.32 Å². The first-order valence-corrected chi connectivity index (χ1v) is 6.94. The maximum absolute atomic E-state index is 11.9. The number of amides is 1. The van der Waals surface area contributed by atoms with Crippen LogP contribution in [0.3, 0.4) is 0 Å². The molecule has 0 radical (unpaired) electrons. The number of carbonyl (C=O) groups excluding carboxylic acids is 1. The Balaban J connectivity index is 1.96. The Morgan fingerprint density at radius 3 is 2.78 bits per heavy atom. The zero-order chi connectivity index (χ0) is 12.8. The lowest BCUT2D eigenvalue weighted by Crippen LogP contribution is -2.29. The van der Waals surface area contributed by atoms with Gasteiger partial charge in [0, 0.05) is 12.4 Å². The molecule has 2 heterocycles. The van der Waals surface area contributed by atoms with E-state index in [4.69, 9.17) is 0 Å². The van der Waals surface area contributed by atoms with Crippen LogP contribution < -0.4 is 5.32 Å². The molecule has 94 valence electrons. The highest BCUT2D eigenvalue weighted by Gasteiger charge is 2.12. The van der Waals surface area contributed by atoms with E-state index in [1.165, 1.54) is 0 Å². The number of aromatic nitrogens is 1. The van der Waals surface area contributed by atoms with Gasteiger partial charge in [0.15, 0.2) is 0 Å². The molecule has 0 aliphatic heterocycles. The molecule has 0 saturated carbocycles. The van der Waals surface area contributed by atoms with E-state index in [0.717, 1.165) is 17.5 Å². The second-order valence-corrected chi connectivity index (χ2v) is 4.90. The summed E-state index contributed by atoms with van der Waals surface area (Å²) in [6.45, 7) is 2.07. The predicted molar refractivity (Wildman–Crippen MR) is 73.4 cm³/mol. The molecule has 1 unspecified atom stereocenters. The quantitative estimate of drug-likeness (QED) is 0.898. The average molecular weight is 260 g/mol. The van der Waals surface area contributed by atoms with Gasteiger partial charge in [0.25, 0.3) is 0 Å². The highest BCUT2D eigenvalue weighted by Crippen LogP contribution is 2.15. The van der Waals surface area contributed by atoms with E-state index >= 15 is 0 Å². The summed E-state index contributed by atoms with van der Waals surface area (Å²) in [6.07, 6.45) is 4.83. The fourth-order valence-corrected chi connectivity index (χ4v) is 2.51. The van der Waals surface area contributed by atoms with Crippen molar-refractivity contribution in [2.45, 2.75) is 25.8 Å². The first-order chi connectivity index (χ1) is 8.79. The summed E-state index contributed by atoms with van der Waals surface area (Å²) in [7, 11) is 0. The predicted octanol–water partition coefficient (Wildman–Crippen LogP) is 2.95. The number of carbonyl (C=O) groups is 1. The van der Waals surface area contributed by atoms with E-state index in [1.54, 1.807) is 23.7 Å². The van der Waals surface area contributed by atoms with Crippen molar-refractivity contribution in [2.75, 3.05) is 0 Å². The summed E-state index contributed by atoms with van der Waals surface area (Å²) >= 11 is 1.61. The second-order valence-electron chi connectivity index (χ2n) is 4.12. The van der Waals surface area contributed by atoms with E-state index in [9.17, 15) is 4.79 Å². The standard InChI is InChI=1S/C14H16N2OS/c1-2-13(12-3-6-15-7-4-12)16-14(17)9-11-5-8-18-10-11/h3-8,10,13H,2,9H2,1H3,(H,16,17). The Kier molecular flexibility index (Phi) is 4.47. The van der Waals surface area contributed by atoms with Gasteiger partial charge in [-0.25, -0.2) is 0 Å². The van der Waals surface area contributed by atoms with Crippen LogP contribution in [-0.2, 0) is 11.2 Å². The SMILES string of the molecule is CCC(NC(=O)Cc1ccsc1)c1ccncc1. The summed E-state index contributed by atoms with van der Waals surface area (Å²) < 4.78 is 0. The van der Waals surface area contributed by atoms with Gasteiger partial charge in [-0.05, 0) is 46.5 Å². The van der Waals surface area contributed by atoms with Crippen molar-refractivity contribution in [3.8, 4) is 0 Å². The average Bonchev–Trinajstić information content (AvgIpc) is 2.90. The molecule has 0 aliphatic rings. The van der Waals surface area contributed by atoms with Crippen molar-refractivity contribution in [1.29, 1.82) is 0 Å². The van der Waals surface area contributed by atoms with Gasteiger partial charge >= 0.3 is 0 Å². The van der Waals surface area contributed by atoms with E-state index in [0.29, 0.717) is 6.42 Å². The lowest BCUT2D eigenvalue weighted by atomic mass is 10.1. The molecule has 1 amide bonds. The fraction of sp³-hybridized carbons (Fsp3) is 0.286. The highest BCUT2D eigenvalue weighted by molar-refractivity contribution is 7.07. The molecule has 0 fully saturated rings. The number of hydrogen-bond acceptors (Lipinski definition) is 3. The lowest BCUT2D eigenvalue weighted by Gasteiger charge is -2.17.